The van der Waals surface area contributed by atoms with Crippen molar-refractivity contribution in [1.82, 2.24) is 9.80 Å². The summed E-state index contributed by atoms with van der Waals surface area (Å²) >= 11 is 0. The fraction of sp³-hybridized carbons (Fsp3) is 0.944. The van der Waals surface area contributed by atoms with Crippen LogP contribution in [-0.4, -0.2) is 61.6 Å². The minimum Gasteiger partial charge on any atom is -0.379 e. The molecule has 0 radical (unpaired) electrons. The molecule has 0 atom stereocenters. The highest BCUT2D eigenvalue weighted by Gasteiger charge is 2.11. The van der Waals surface area contributed by atoms with E-state index in [1.54, 1.807) is 0 Å². The zero-order valence-electron chi connectivity index (χ0n) is 15.4. The van der Waals surface area contributed by atoms with Crippen molar-refractivity contribution in [3.63, 3.8) is 0 Å². The van der Waals surface area contributed by atoms with Crippen molar-refractivity contribution >= 4 is 5.91 Å². The molecule has 0 N–H and O–H groups in total. The molecule has 1 fully saturated rings. The highest BCUT2D eigenvalue weighted by Crippen LogP contribution is 2.05. The normalized spacial score (nSPS) is 15.1. The van der Waals surface area contributed by atoms with Gasteiger partial charge in [0.15, 0.2) is 0 Å². The first-order valence-corrected chi connectivity index (χ1v) is 9.35. The topological polar surface area (TPSA) is 32.8 Å². The Morgan fingerprint density at radius 3 is 2.23 bits per heavy atom. The third kappa shape index (κ3) is 10.2. The van der Waals surface area contributed by atoms with Gasteiger partial charge in [-0.2, -0.15) is 0 Å². The summed E-state index contributed by atoms with van der Waals surface area (Å²) in [5.74, 6) is 0.312. The van der Waals surface area contributed by atoms with Crippen LogP contribution in [0.2, 0.25) is 0 Å². The summed E-state index contributed by atoms with van der Waals surface area (Å²) in [4.78, 5) is 16.4. The van der Waals surface area contributed by atoms with E-state index >= 15 is 0 Å². The van der Waals surface area contributed by atoms with Crippen molar-refractivity contribution < 1.29 is 9.53 Å². The minimum absolute atomic E-state index is 0.312. The maximum atomic E-state index is 11.8. The van der Waals surface area contributed by atoms with Crippen LogP contribution in [0.5, 0.6) is 0 Å². The highest BCUT2D eigenvalue weighted by atomic mass is 16.5. The number of morpholine rings is 1. The zero-order valence-corrected chi connectivity index (χ0v) is 15.4. The summed E-state index contributed by atoms with van der Waals surface area (Å²) < 4.78 is 5.35. The molecule has 4 nitrogen and oxygen atoms in total. The minimum atomic E-state index is 0.312. The van der Waals surface area contributed by atoms with Gasteiger partial charge in [-0.1, -0.05) is 40.5 Å². The summed E-state index contributed by atoms with van der Waals surface area (Å²) in [6.45, 7) is 15.1. The van der Waals surface area contributed by atoms with E-state index in [9.17, 15) is 4.79 Å². The molecule has 1 rings (SSSR count). The van der Waals surface area contributed by atoms with Gasteiger partial charge in [-0.05, 0) is 25.8 Å². The number of carbonyl (C=O) groups excluding carboxylic acids is 1. The molecule has 0 spiro atoms. The predicted octanol–water partition coefficient (Wildman–Crippen LogP) is 3.55. The van der Waals surface area contributed by atoms with Crippen molar-refractivity contribution in [2.24, 2.45) is 0 Å². The smallest absolute Gasteiger partial charge is 0.222 e. The molecule has 0 saturated carbocycles. The van der Waals surface area contributed by atoms with Gasteiger partial charge in [0.2, 0.25) is 5.91 Å². The lowest BCUT2D eigenvalue weighted by atomic mass is 10.2. The number of unbranched alkanes of at least 4 members (excludes halogenated alkanes) is 3. The molecule has 132 valence electrons. The lowest BCUT2D eigenvalue weighted by Gasteiger charge is -2.26. The number of nitrogens with zero attached hydrogens (tertiary/aromatic N) is 2. The monoisotopic (exact) mass is 314 g/mol. The van der Waals surface area contributed by atoms with Crippen LogP contribution in [0.1, 0.15) is 66.2 Å². The van der Waals surface area contributed by atoms with Gasteiger partial charge in [0.1, 0.15) is 0 Å². The number of hydrogen-bond donors (Lipinski definition) is 0. The van der Waals surface area contributed by atoms with E-state index in [-0.39, 0.29) is 0 Å². The molecule has 1 saturated heterocycles. The van der Waals surface area contributed by atoms with Crippen molar-refractivity contribution in [2.75, 3.05) is 45.9 Å². The van der Waals surface area contributed by atoms with Crippen molar-refractivity contribution in [3.05, 3.63) is 0 Å². The maximum absolute atomic E-state index is 11.8. The van der Waals surface area contributed by atoms with E-state index in [0.29, 0.717) is 12.3 Å². The Bertz CT molecular complexity index is 253. The van der Waals surface area contributed by atoms with Gasteiger partial charge in [0, 0.05) is 32.6 Å². The van der Waals surface area contributed by atoms with E-state index in [4.69, 9.17) is 4.74 Å². The van der Waals surface area contributed by atoms with Crippen molar-refractivity contribution in [3.8, 4) is 0 Å². The van der Waals surface area contributed by atoms with Crippen LogP contribution in [-0.2, 0) is 9.53 Å². The quantitative estimate of drug-likeness (QED) is 0.578. The number of amides is 1. The second-order valence-electron chi connectivity index (χ2n) is 5.60. The number of ether oxygens (including phenoxy) is 1. The Hall–Kier alpha value is -0.610. The molecule has 0 aromatic rings. The second kappa shape index (κ2) is 15.3. The molecular weight excluding hydrogens is 276 g/mol. The fourth-order valence-corrected chi connectivity index (χ4v) is 2.57. The van der Waals surface area contributed by atoms with Gasteiger partial charge < -0.3 is 9.64 Å². The molecule has 0 bridgehead atoms. The van der Waals surface area contributed by atoms with Gasteiger partial charge in [-0.3, -0.25) is 9.69 Å². The summed E-state index contributed by atoms with van der Waals surface area (Å²) in [7, 11) is 0. The molecule has 1 heterocycles. The molecule has 1 amide bonds. The van der Waals surface area contributed by atoms with Crippen molar-refractivity contribution in [1.29, 1.82) is 0 Å². The summed E-state index contributed by atoms with van der Waals surface area (Å²) in [5, 5.41) is 0. The van der Waals surface area contributed by atoms with Crippen LogP contribution in [0.25, 0.3) is 0 Å². The van der Waals surface area contributed by atoms with Crippen LogP contribution in [0, 0.1) is 0 Å². The van der Waals surface area contributed by atoms with E-state index in [1.807, 2.05) is 20.8 Å². The first kappa shape index (κ1) is 21.4. The lowest BCUT2D eigenvalue weighted by Crippen LogP contribution is -2.37. The SMILES string of the molecule is CC.CCCCN(CCCCCN1CCOCC1)C(=O)CC. The Morgan fingerprint density at radius 1 is 1.00 bits per heavy atom. The van der Waals surface area contributed by atoms with Crippen LogP contribution in [0.3, 0.4) is 0 Å². The number of carbonyl (C=O) groups is 1. The summed E-state index contributed by atoms with van der Waals surface area (Å²) in [5.41, 5.74) is 0. The molecule has 0 aromatic carbocycles. The predicted molar refractivity (Wildman–Crippen MR) is 94.2 cm³/mol. The highest BCUT2D eigenvalue weighted by molar-refractivity contribution is 5.75. The molecule has 0 aliphatic carbocycles. The van der Waals surface area contributed by atoms with E-state index in [2.05, 4.69) is 16.7 Å². The van der Waals surface area contributed by atoms with Gasteiger partial charge in [0.25, 0.3) is 0 Å². The van der Waals surface area contributed by atoms with Gasteiger partial charge in [0.05, 0.1) is 13.2 Å². The molecule has 1 aliphatic rings. The van der Waals surface area contributed by atoms with Crippen LogP contribution < -0.4 is 0 Å². The van der Waals surface area contributed by atoms with Gasteiger partial charge in [-0.15, -0.1) is 0 Å². The zero-order chi connectivity index (χ0) is 16.6. The Labute approximate surface area is 138 Å². The van der Waals surface area contributed by atoms with Crippen LogP contribution in [0.4, 0.5) is 0 Å². The van der Waals surface area contributed by atoms with Crippen LogP contribution >= 0.6 is 0 Å². The second-order valence-corrected chi connectivity index (χ2v) is 5.60. The summed E-state index contributed by atoms with van der Waals surface area (Å²) in [6, 6.07) is 0. The first-order chi connectivity index (χ1) is 10.8. The van der Waals surface area contributed by atoms with Gasteiger partial charge in [-0.25, -0.2) is 0 Å². The van der Waals surface area contributed by atoms with Crippen molar-refractivity contribution in [2.45, 2.75) is 66.2 Å². The molecule has 0 unspecified atom stereocenters. The number of rotatable bonds is 10. The third-order valence-corrected chi connectivity index (χ3v) is 3.94. The summed E-state index contributed by atoms with van der Waals surface area (Å²) in [6.07, 6.45) is 6.51. The lowest BCUT2D eigenvalue weighted by molar-refractivity contribution is -0.131. The Kier molecular flexibility index (Phi) is 14.9. The Morgan fingerprint density at radius 2 is 1.64 bits per heavy atom. The van der Waals surface area contributed by atoms with Crippen LogP contribution in [0.15, 0.2) is 0 Å². The van der Waals surface area contributed by atoms with E-state index < -0.39 is 0 Å². The third-order valence-electron chi connectivity index (χ3n) is 3.94. The molecule has 4 heteroatoms. The average Bonchev–Trinajstić information content (AvgIpc) is 2.59. The van der Waals surface area contributed by atoms with E-state index in [0.717, 1.165) is 58.7 Å². The molecule has 1 aliphatic heterocycles. The van der Waals surface area contributed by atoms with E-state index in [1.165, 1.54) is 19.4 Å². The standard InChI is InChI=1S/C16H32N2O2.C2H6/c1-3-5-10-18(16(19)4-2)11-8-6-7-9-17-12-14-20-15-13-17;1-2/h3-15H2,1-2H3;1-2H3. The fourth-order valence-electron chi connectivity index (χ4n) is 2.57. The molecular formula is C18H38N2O2. The largest absolute Gasteiger partial charge is 0.379 e. The number of hydrogen-bond acceptors (Lipinski definition) is 3. The first-order valence-electron chi connectivity index (χ1n) is 9.35. The average molecular weight is 315 g/mol. The van der Waals surface area contributed by atoms with Gasteiger partial charge >= 0.3 is 0 Å². The Balaban J connectivity index is 0.00000211. The molecule has 0 aromatic heterocycles. The molecule has 22 heavy (non-hydrogen) atoms. The maximum Gasteiger partial charge on any atom is 0.222 e.